The SMILES string of the molecule is C[C@H]1[C@@H](Oc2ccc(CC(=O)OC(C)(C)C)cc2)O[C@@H]2O[C@@]3(C)CC[C@H]4[C@H](C)CC[C@@H]1[C@@]24OO3. The van der Waals surface area contributed by atoms with E-state index >= 15 is 0 Å². The average molecular weight is 475 g/mol. The van der Waals surface area contributed by atoms with E-state index in [1.165, 1.54) is 0 Å². The van der Waals surface area contributed by atoms with Crippen molar-refractivity contribution >= 4 is 5.97 Å². The monoisotopic (exact) mass is 474 g/mol. The van der Waals surface area contributed by atoms with Crippen LogP contribution < -0.4 is 4.74 Å². The van der Waals surface area contributed by atoms with Crippen molar-refractivity contribution in [3.05, 3.63) is 29.8 Å². The lowest BCUT2D eigenvalue weighted by Crippen LogP contribution is -2.70. The molecule has 5 aliphatic rings. The third-order valence-corrected chi connectivity index (χ3v) is 8.04. The Kier molecular flexibility index (Phi) is 5.99. The minimum atomic E-state index is -0.800. The molecular weight excluding hydrogens is 436 g/mol. The molecule has 0 N–H and O–H groups in total. The largest absolute Gasteiger partial charge is 0.465 e. The van der Waals surface area contributed by atoms with Gasteiger partial charge in [0.2, 0.25) is 12.1 Å². The third-order valence-electron chi connectivity index (χ3n) is 8.04. The second kappa shape index (κ2) is 8.47. The van der Waals surface area contributed by atoms with Gasteiger partial charge >= 0.3 is 5.97 Å². The van der Waals surface area contributed by atoms with E-state index in [1.807, 2.05) is 52.0 Å². The quantitative estimate of drug-likeness (QED) is 0.441. The molecule has 4 saturated heterocycles. The number of esters is 1. The number of ether oxygens (including phenoxy) is 4. The lowest BCUT2D eigenvalue weighted by molar-refractivity contribution is -0.575. The highest BCUT2D eigenvalue weighted by atomic mass is 17.3. The molecule has 4 aliphatic heterocycles. The first-order valence-corrected chi connectivity index (χ1v) is 12.7. The molecule has 1 saturated carbocycles. The van der Waals surface area contributed by atoms with Crippen molar-refractivity contribution in [3.8, 4) is 5.75 Å². The maximum absolute atomic E-state index is 12.1. The Bertz CT molecular complexity index is 909. The van der Waals surface area contributed by atoms with E-state index in [-0.39, 0.29) is 24.2 Å². The highest BCUT2D eigenvalue weighted by Crippen LogP contribution is 2.60. The molecule has 1 aromatic carbocycles. The minimum absolute atomic E-state index is 0.0994. The van der Waals surface area contributed by atoms with Gasteiger partial charge in [-0.1, -0.05) is 26.0 Å². The summed E-state index contributed by atoms with van der Waals surface area (Å²) in [6, 6.07) is 7.56. The van der Waals surface area contributed by atoms with E-state index in [2.05, 4.69) is 13.8 Å². The zero-order valence-electron chi connectivity index (χ0n) is 21.2. The first-order valence-electron chi connectivity index (χ1n) is 12.7. The highest BCUT2D eigenvalue weighted by molar-refractivity contribution is 5.73. The van der Waals surface area contributed by atoms with E-state index in [1.54, 1.807) is 0 Å². The summed E-state index contributed by atoms with van der Waals surface area (Å²) in [4.78, 5) is 24.2. The molecule has 1 aromatic rings. The number of hydrogen-bond donors (Lipinski definition) is 0. The smallest absolute Gasteiger partial charge is 0.310 e. The second-order valence-corrected chi connectivity index (χ2v) is 11.8. The van der Waals surface area contributed by atoms with Gasteiger partial charge in [0.1, 0.15) is 11.4 Å². The van der Waals surface area contributed by atoms with Gasteiger partial charge in [-0.2, -0.15) is 0 Å². The number of hydrogen-bond acceptors (Lipinski definition) is 7. The van der Waals surface area contributed by atoms with E-state index in [9.17, 15) is 4.79 Å². The molecule has 6 rings (SSSR count). The minimum Gasteiger partial charge on any atom is -0.465 e. The molecule has 1 spiro atoms. The van der Waals surface area contributed by atoms with Gasteiger partial charge < -0.3 is 18.9 Å². The third kappa shape index (κ3) is 4.25. The van der Waals surface area contributed by atoms with Crippen LogP contribution in [0.15, 0.2) is 24.3 Å². The molecule has 188 valence electrons. The van der Waals surface area contributed by atoms with E-state index < -0.39 is 29.6 Å². The van der Waals surface area contributed by atoms with Gasteiger partial charge in [-0.15, -0.1) is 0 Å². The topological polar surface area (TPSA) is 72.5 Å². The lowest BCUT2D eigenvalue weighted by Gasteiger charge is -2.60. The van der Waals surface area contributed by atoms with Crippen LogP contribution in [0.4, 0.5) is 0 Å². The Hall–Kier alpha value is -1.67. The number of carbonyl (C=O) groups excluding carboxylic acids is 1. The fraction of sp³-hybridized carbons (Fsp3) is 0.741. The normalized spacial score (nSPS) is 41.4. The zero-order valence-corrected chi connectivity index (χ0v) is 21.2. The van der Waals surface area contributed by atoms with Crippen LogP contribution in [-0.4, -0.2) is 35.5 Å². The Morgan fingerprint density at radius 2 is 1.79 bits per heavy atom. The Balaban J connectivity index is 1.31. The van der Waals surface area contributed by atoms with Crippen molar-refractivity contribution in [2.45, 2.75) is 103 Å². The summed E-state index contributed by atoms with van der Waals surface area (Å²) in [7, 11) is 0. The Morgan fingerprint density at radius 3 is 2.50 bits per heavy atom. The first kappa shape index (κ1) is 24.0. The molecule has 0 amide bonds. The first-order chi connectivity index (χ1) is 16.0. The van der Waals surface area contributed by atoms with E-state index in [0.717, 1.165) is 31.2 Å². The molecule has 4 heterocycles. The molecule has 2 bridgehead atoms. The van der Waals surface area contributed by atoms with Gasteiger partial charge in [-0.3, -0.25) is 4.79 Å². The average Bonchev–Trinajstić information content (AvgIpc) is 2.98. The van der Waals surface area contributed by atoms with Crippen molar-refractivity contribution < 1.29 is 33.5 Å². The van der Waals surface area contributed by atoms with E-state index in [0.29, 0.717) is 17.6 Å². The molecule has 0 radical (unpaired) electrons. The molecule has 7 nitrogen and oxygen atoms in total. The zero-order chi connectivity index (χ0) is 24.3. The van der Waals surface area contributed by atoms with Crippen LogP contribution in [0, 0.1) is 23.7 Å². The summed E-state index contributed by atoms with van der Waals surface area (Å²) in [6.07, 6.45) is 3.21. The number of carbonyl (C=O) groups is 1. The molecular formula is C27H38O7. The van der Waals surface area contributed by atoms with Crippen LogP contribution in [0.2, 0.25) is 0 Å². The van der Waals surface area contributed by atoms with Crippen LogP contribution in [-0.2, 0) is 35.2 Å². The molecule has 8 atom stereocenters. The Labute approximate surface area is 202 Å². The molecule has 7 heteroatoms. The number of rotatable bonds is 4. The van der Waals surface area contributed by atoms with Crippen LogP contribution in [0.5, 0.6) is 5.75 Å². The van der Waals surface area contributed by atoms with Crippen molar-refractivity contribution in [2.75, 3.05) is 0 Å². The van der Waals surface area contributed by atoms with Crippen molar-refractivity contribution in [1.29, 1.82) is 0 Å². The van der Waals surface area contributed by atoms with Gasteiger partial charge in [0.15, 0.2) is 11.9 Å². The van der Waals surface area contributed by atoms with Gasteiger partial charge in [0, 0.05) is 18.3 Å². The molecule has 5 fully saturated rings. The fourth-order valence-corrected chi connectivity index (χ4v) is 6.37. The van der Waals surface area contributed by atoms with Crippen LogP contribution in [0.3, 0.4) is 0 Å². The summed E-state index contributed by atoms with van der Waals surface area (Å²) >= 11 is 0. The van der Waals surface area contributed by atoms with Gasteiger partial charge in [-0.25, -0.2) is 9.78 Å². The highest BCUT2D eigenvalue weighted by Gasteiger charge is 2.69. The van der Waals surface area contributed by atoms with Crippen LogP contribution in [0.1, 0.15) is 72.8 Å². The second-order valence-electron chi connectivity index (χ2n) is 11.8. The summed E-state index contributed by atoms with van der Waals surface area (Å²) in [5, 5.41) is 0. The summed E-state index contributed by atoms with van der Waals surface area (Å²) in [5.74, 6) is 0.824. The van der Waals surface area contributed by atoms with E-state index in [4.69, 9.17) is 28.7 Å². The van der Waals surface area contributed by atoms with Gasteiger partial charge in [0.25, 0.3) is 0 Å². The van der Waals surface area contributed by atoms with Crippen molar-refractivity contribution in [2.24, 2.45) is 23.7 Å². The summed E-state index contributed by atoms with van der Waals surface area (Å²) in [5.41, 5.74) is -0.206. The number of fused-ring (bicyclic) bond motifs is 2. The fourth-order valence-electron chi connectivity index (χ4n) is 6.37. The van der Waals surface area contributed by atoms with Crippen LogP contribution >= 0.6 is 0 Å². The lowest BCUT2D eigenvalue weighted by atomic mass is 9.58. The predicted molar refractivity (Wildman–Crippen MR) is 123 cm³/mol. The maximum Gasteiger partial charge on any atom is 0.310 e. The van der Waals surface area contributed by atoms with Gasteiger partial charge in [-0.05, 0) is 76.5 Å². The van der Waals surface area contributed by atoms with Crippen molar-refractivity contribution in [3.63, 3.8) is 0 Å². The van der Waals surface area contributed by atoms with Gasteiger partial charge in [0.05, 0.1) is 6.42 Å². The maximum atomic E-state index is 12.1. The molecule has 0 unspecified atom stereocenters. The van der Waals surface area contributed by atoms with Crippen molar-refractivity contribution in [1.82, 2.24) is 0 Å². The molecule has 34 heavy (non-hydrogen) atoms. The summed E-state index contributed by atoms with van der Waals surface area (Å²) < 4.78 is 24.6. The molecule has 1 aliphatic carbocycles. The predicted octanol–water partition coefficient (Wildman–Crippen LogP) is 5.16. The standard InChI is InChI=1S/C27H38O7/c1-16-7-12-21-17(2)23(30-24-27(21)20(16)13-14-26(6,32-24)33-34-27)29-19-10-8-18(9-11-19)15-22(28)31-25(3,4)5/h8-11,16-17,20-21,23-24H,7,12-15H2,1-6H3/t16-,17-,20+,21+,23+,24-,26-,27-/m1/s1. The summed E-state index contributed by atoms with van der Waals surface area (Å²) in [6.45, 7) is 12.0. The number of benzene rings is 1. The van der Waals surface area contributed by atoms with Crippen LogP contribution in [0.25, 0.3) is 0 Å². The molecule has 0 aromatic heterocycles. The Morgan fingerprint density at radius 1 is 1.06 bits per heavy atom.